The quantitative estimate of drug-likeness (QED) is 0.468. The van der Waals surface area contributed by atoms with Gasteiger partial charge in [0.25, 0.3) is 0 Å². The van der Waals surface area contributed by atoms with Crippen molar-refractivity contribution in [3.63, 3.8) is 0 Å². The van der Waals surface area contributed by atoms with Gasteiger partial charge in [-0.05, 0) is 6.42 Å². The first-order chi connectivity index (χ1) is 6.04. The molecule has 1 fully saturated rings. The lowest BCUT2D eigenvalue weighted by molar-refractivity contribution is -0.324. The van der Waals surface area contributed by atoms with Gasteiger partial charge in [0.05, 0.1) is 13.0 Å². The summed E-state index contributed by atoms with van der Waals surface area (Å²) in [5, 5.41) is 0. The largest absolute Gasteiger partial charge is 0.398 e. The van der Waals surface area contributed by atoms with Gasteiger partial charge in [0.15, 0.2) is 0 Å². The van der Waals surface area contributed by atoms with E-state index in [1.165, 1.54) is 13.8 Å². The fourth-order valence-electron chi connectivity index (χ4n) is 1.21. The van der Waals surface area contributed by atoms with Crippen molar-refractivity contribution < 1.29 is 23.8 Å². The van der Waals surface area contributed by atoms with E-state index in [9.17, 15) is 9.59 Å². The molecule has 0 amide bonds. The van der Waals surface area contributed by atoms with E-state index in [-0.39, 0.29) is 0 Å². The topological polar surface area (TPSA) is 61.8 Å². The normalized spacial score (nSPS) is 19.5. The molecule has 5 heteroatoms. The van der Waals surface area contributed by atoms with E-state index in [1.54, 1.807) is 0 Å². The number of hydrogen-bond donors (Lipinski definition) is 0. The Bertz CT molecular complexity index is 199. The lowest BCUT2D eigenvalue weighted by Crippen LogP contribution is -2.38. The summed E-state index contributed by atoms with van der Waals surface area (Å²) in [5.74, 6) is -2.51. The Hall–Kier alpha value is -1.10. The van der Waals surface area contributed by atoms with Gasteiger partial charge < -0.3 is 14.2 Å². The predicted octanol–water partition coefficient (Wildman–Crippen LogP) is 0.577. The lowest BCUT2D eigenvalue weighted by Gasteiger charge is -2.25. The van der Waals surface area contributed by atoms with E-state index in [1.807, 2.05) is 0 Å². The van der Waals surface area contributed by atoms with Gasteiger partial charge in [0, 0.05) is 13.8 Å². The van der Waals surface area contributed by atoms with Crippen molar-refractivity contribution in [2.75, 3.05) is 6.61 Å². The summed E-state index contributed by atoms with van der Waals surface area (Å²) in [6.07, 6.45) is 1.10. The molecular formula is C8H12O5. The van der Waals surface area contributed by atoms with Crippen LogP contribution in [0.25, 0.3) is 0 Å². The summed E-state index contributed by atoms with van der Waals surface area (Å²) >= 11 is 0. The second-order valence-corrected chi connectivity index (χ2v) is 2.82. The van der Waals surface area contributed by atoms with Gasteiger partial charge in [-0.1, -0.05) is 0 Å². The van der Waals surface area contributed by atoms with Crippen LogP contribution in [0.4, 0.5) is 0 Å². The van der Waals surface area contributed by atoms with Crippen LogP contribution in [0.1, 0.15) is 26.7 Å². The van der Waals surface area contributed by atoms with Crippen LogP contribution in [0.2, 0.25) is 0 Å². The van der Waals surface area contributed by atoms with Crippen molar-refractivity contribution in [2.24, 2.45) is 0 Å². The van der Waals surface area contributed by atoms with Crippen molar-refractivity contribution in [1.82, 2.24) is 0 Å². The summed E-state index contributed by atoms with van der Waals surface area (Å²) < 4.78 is 14.7. The van der Waals surface area contributed by atoms with Gasteiger partial charge in [-0.15, -0.1) is 0 Å². The summed E-state index contributed by atoms with van der Waals surface area (Å²) in [4.78, 5) is 21.4. The molecule has 0 aliphatic carbocycles. The highest BCUT2D eigenvalue weighted by molar-refractivity contribution is 5.68. The third-order valence-electron chi connectivity index (χ3n) is 1.55. The smallest absolute Gasteiger partial charge is 0.375 e. The minimum atomic E-state index is -1.46. The van der Waals surface area contributed by atoms with Crippen LogP contribution >= 0.6 is 0 Å². The predicted molar refractivity (Wildman–Crippen MR) is 41.4 cm³/mol. The monoisotopic (exact) mass is 188 g/mol. The van der Waals surface area contributed by atoms with Gasteiger partial charge in [-0.2, -0.15) is 0 Å². The van der Waals surface area contributed by atoms with Crippen LogP contribution in [0, 0.1) is 0 Å². The number of carbonyl (C=O) groups is 2. The van der Waals surface area contributed by atoms with Crippen LogP contribution in [-0.4, -0.2) is 24.5 Å². The first-order valence-electron chi connectivity index (χ1n) is 4.07. The zero-order valence-electron chi connectivity index (χ0n) is 7.66. The summed E-state index contributed by atoms with van der Waals surface area (Å²) in [6.45, 7) is 2.92. The molecule has 0 saturated carbocycles. The van der Waals surface area contributed by atoms with Gasteiger partial charge >= 0.3 is 17.9 Å². The molecule has 1 saturated heterocycles. The molecule has 0 radical (unpaired) electrons. The Labute approximate surface area is 76.0 Å². The Balaban J connectivity index is 2.62. The molecule has 5 nitrogen and oxygen atoms in total. The number of rotatable bonds is 2. The molecule has 74 valence electrons. The first-order valence-corrected chi connectivity index (χ1v) is 4.07. The maximum atomic E-state index is 10.7. The molecule has 0 atom stereocenters. The van der Waals surface area contributed by atoms with Crippen LogP contribution in [0.3, 0.4) is 0 Å². The molecule has 0 aromatic rings. The van der Waals surface area contributed by atoms with E-state index >= 15 is 0 Å². The summed E-state index contributed by atoms with van der Waals surface area (Å²) in [6, 6.07) is 0. The third-order valence-corrected chi connectivity index (χ3v) is 1.55. The molecular weight excluding hydrogens is 176 g/mol. The van der Waals surface area contributed by atoms with Gasteiger partial charge in [-0.3, -0.25) is 9.59 Å². The SMILES string of the molecule is CC(=O)OC1(OC(C)=O)CCCO1. The van der Waals surface area contributed by atoms with Crippen molar-refractivity contribution in [1.29, 1.82) is 0 Å². The lowest BCUT2D eigenvalue weighted by atomic mass is 10.3. The highest BCUT2D eigenvalue weighted by Gasteiger charge is 2.42. The molecule has 0 bridgehead atoms. The first kappa shape index (κ1) is 9.98. The Morgan fingerprint density at radius 3 is 2.08 bits per heavy atom. The highest BCUT2D eigenvalue weighted by atomic mass is 16.9. The van der Waals surface area contributed by atoms with Gasteiger partial charge in [0.1, 0.15) is 0 Å². The molecule has 0 unspecified atom stereocenters. The van der Waals surface area contributed by atoms with Crippen LogP contribution in [-0.2, 0) is 23.8 Å². The van der Waals surface area contributed by atoms with Crippen LogP contribution in [0.15, 0.2) is 0 Å². The molecule has 13 heavy (non-hydrogen) atoms. The molecule has 0 spiro atoms. The highest BCUT2D eigenvalue weighted by Crippen LogP contribution is 2.28. The Morgan fingerprint density at radius 1 is 1.23 bits per heavy atom. The van der Waals surface area contributed by atoms with E-state index < -0.39 is 17.9 Å². The second-order valence-electron chi connectivity index (χ2n) is 2.82. The zero-order chi connectivity index (χ0) is 9.90. The van der Waals surface area contributed by atoms with Crippen molar-refractivity contribution in [3.05, 3.63) is 0 Å². The molecule has 1 aliphatic heterocycles. The number of hydrogen-bond acceptors (Lipinski definition) is 5. The van der Waals surface area contributed by atoms with Crippen molar-refractivity contribution >= 4 is 11.9 Å². The second kappa shape index (κ2) is 3.74. The fourth-order valence-corrected chi connectivity index (χ4v) is 1.21. The van der Waals surface area contributed by atoms with Crippen LogP contribution < -0.4 is 0 Å². The molecule has 0 aromatic carbocycles. The average Bonchev–Trinajstić information content (AvgIpc) is 2.33. The molecule has 1 rings (SSSR count). The molecule has 0 aromatic heterocycles. The minimum Gasteiger partial charge on any atom is -0.398 e. The standard InChI is InChI=1S/C8H12O5/c1-6(9)12-8(13-7(2)10)4-3-5-11-8/h3-5H2,1-2H3. The van der Waals surface area contributed by atoms with Gasteiger partial charge in [0.2, 0.25) is 0 Å². The number of carbonyl (C=O) groups excluding carboxylic acids is 2. The minimum absolute atomic E-state index is 0.395. The van der Waals surface area contributed by atoms with Crippen molar-refractivity contribution in [3.8, 4) is 0 Å². The zero-order valence-corrected chi connectivity index (χ0v) is 7.66. The Kier molecular flexibility index (Phi) is 2.87. The van der Waals surface area contributed by atoms with E-state index in [4.69, 9.17) is 14.2 Å². The van der Waals surface area contributed by atoms with E-state index in [0.29, 0.717) is 19.4 Å². The molecule has 1 aliphatic rings. The number of ether oxygens (including phenoxy) is 3. The summed E-state index contributed by atoms with van der Waals surface area (Å²) in [5.41, 5.74) is 0. The fraction of sp³-hybridized carbons (Fsp3) is 0.750. The Morgan fingerprint density at radius 2 is 1.77 bits per heavy atom. The number of esters is 2. The van der Waals surface area contributed by atoms with Crippen molar-refractivity contribution in [2.45, 2.75) is 32.7 Å². The maximum Gasteiger partial charge on any atom is 0.375 e. The van der Waals surface area contributed by atoms with Gasteiger partial charge in [-0.25, -0.2) is 0 Å². The summed E-state index contributed by atoms with van der Waals surface area (Å²) in [7, 11) is 0. The maximum absolute atomic E-state index is 10.7. The molecule has 0 N–H and O–H groups in total. The third kappa shape index (κ3) is 2.69. The average molecular weight is 188 g/mol. The van der Waals surface area contributed by atoms with E-state index in [2.05, 4.69) is 0 Å². The van der Waals surface area contributed by atoms with E-state index in [0.717, 1.165) is 0 Å². The molecule has 1 heterocycles. The van der Waals surface area contributed by atoms with Crippen LogP contribution in [0.5, 0.6) is 0 Å².